The first-order valence-corrected chi connectivity index (χ1v) is 12.1. The van der Waals surface area contributed by atoms with Gasteiger partial charge in [-0.2, -0.15) is 0 Å². The molecule has 0 fully saturated rings. The number of hydrogen-bond acceptors (Lipinski definition) is 2. The molecule has 0 N–H and O–H groups in total. The van der Waals surface area contributed by atoms with Gasteiger partial charge in [0, 0.05) is 33.5 Å². The third kappa shape index (κ3) is 3.72. The number of hydrogen-bond donors (Lipinski definition) is 0. The topological polar surface area (TPSA) is 26.0 Å². The minimum absolute atomic E-state index is 0.109. The van der Waals surface area contributed by atoms with Crippen LogP contribution in [0, 0.1) is 6.92 Å². The van der Waals surface area contributed by atoms with Gasteiger partial charge in [0.1, 0.15) is 11.2 Å². The number of nitrogens with zero attached hydrogens (tertiary/aromatic N) is 1. The van der Waals surface area contributed by atoms with E-state index in [-0.39, 0.29) is 5.41 Å². The van der Waals surface area contributed by atoms with E-state index in [1.165, 1.54) is 22.3 Å². The van der Waals surface area contributed by atoms with Gasteiger partial charge in [0.25, 0.3) is 0 Å². The fourth-order valence-corrected chi connectivity index (χ4v) is 4.98. The molecule has 0 radical (unpaired) electrons. The van der Waals surface area contributed by atoms with E-state index in [4.69, 9.17) is 9.40 Å². The predicted octanol–water partition coefficient (Wildman–Crippen LogP) is 8.95. The van der Waals surface area contributed by atoms with Gasteiger partial charge in [0.05, 0.1) is 5.69 Å². The van der Waals surface area contributed by atoms with Gasteiger partial charge >= 0.3 is 0 Å². The fourth-order valence-electron chi connectivity index (χ4n) is 4.98. The lowest BCUT2D eigenvalue weighted by molar-refractivity contribution is 0.639. The Labute approximate surface area is 205 Å². The molecule has 0 aliphatic carbocycles. The van der Waals surface area contributed by atoms with Gasteiger partial charge in [-0.3, -0.25) is 4.98 Å². The van der Waals surface area contributed by atoms with Crippen molar-refractivity contribution in [2.24, 2.45) is 0 Å². The van der Waals surface area contributed by atoms with Crippen molar-refractivity contribution in [2.75, 3.05) is 0 Å². The summed E-state index contributed by atoms with van der Waals surface area (Å²) in [6.45, 7) is 6.70. The summed E-state index contributed by atoms with van der Waals surface area (Å²) in [6.07, 6.45) is 1.98. The van der Waals surface area contributed by atoms with Crippen LogP contribution in [-0.4, -0.2) is 4.98 Å². The lowest BCUT2D eigenvalue weighted by Gasteiger charge is -2.26. The standard InChI is InChI=1S/C33H27NO/c1-22-18-30(34-21-29(22)23-10-6-4-7-11-23)24-14-16-31-27(19-24)28-20-26(15-17-32(28)35-31)33(2,3)25-12-8-5-9-13-25/h4-21H,1-3H3. The molecule has 4 aromatic carbocycles. The highest BCUT2D eigenvalue weighted by Crippen LogP contribution is 2.38. The molecule has 0 unspecified atom stereocenters. The number of rotatable bonds is 4. The Hall–Kier alpha value is -4.17. The van der Waals surface area contributed by atoms with Crippen LogP contribution < -0.4 is 0 Å². The third-order valence-corrected chi connectivity index (χ3v) is 7.18. The first-order chi connectivity index (χ1) is 17.0. The summed E-state index contributed by atoms with van der Waals surface area (Å²) >= 11 is 0. The van der Waals surface area contributed by atoms with Crippen LogP contribution in [0.3, 0.4) is 0 Å². The van der Waals surface area contributed by atoms with E-state index in [1.807, 2.05) is 12.3 Å². The number of aromatic nitrogens is 1. The molecule has 0 saturated heterocycles. The van der Waals surface area contributed by atoms with Gasteiger partial charge in [-0.1, -0.05) is 80.6 Å². The van der Waals surface area contributed by atoms with Gasteiger partial charge in [-0.15, -0.1) is 0 Å². The Kier molecular flexibility index (Phi) is 5.04. The highest BCUT2D eigenvalue weighted by molar-refractivity contribution is 6.06. The minimum atomic E-state index is -0.109. The molecule has 0 aliphatic heterocycles. The molecular weight excluding hydrogens is 426 g/mol. The summed E-state index contributed by atoms with van der Waals surface area (Å²) in [5.74, 6) is 0. The maximum atomic E-state index is 6.20. The Bertz CT molecular complexity index is 1660. The minimum Gasteiger partial charge on any atom is -0.456 e. The van der Waals surface area contributed by atoms with Crippen LogP contribution in [0.25, 0.3) is 44.3 Å². The predicted molar refractivity (Wildman–Crippen MR) is 146 cm³/mol. The van der Waals surface area contributed by atoms with E-state index in [0.717, 1.165) is 38.8 Å². The quantitative estimate of drug-likeness (QED) is 0.266. The monoisotopic (exact) mass is 453 g/mol. The summed E-state index contributed by atoms with van der Waals surface area (Å²) in [5, 5.41) is 2.26. The SMILES string of the molecule is Cc1cc(-c2ccc3oc4ccc(C(C)(C)c5ccccc5)cc4c3c2)ncc1-c1ccccc1. The molecule has 0 saturated carbocycles. The summed E-state index contributed by atoms with van der Waals surface area (Å²) < 4.78 is 6.20. The average Bonchev–Trinajstić information content (AvgIpc) is 3.27. The number of pyridine rings is 1. The van der Waals surface area contributed by atoms with Gasteiger partial charge in [0.15, 0.2) is 0 Å². The molecule has 2 heteroatoms. The van der Waals surface area contributed by atoms with Gasteiger partial charge in [-0.05, 0) is 65.6 Å². The van der Waals surface area contributed by atoms with Crippen LogP contribution in [0.1, 0.15) is 30.5 Å². The first-order valence-electron chi connectivity index (χ1n) is 12.1. The van der Waals surface area contributed by atoms with E-state index in [0.29, 0.717) is 0 Å². The average molecular weight is 454 g/mol. The van der Waals surface area contributed by atoms with Crippen molar-refractivity contribution in [3.63, 3.8) is 0 Å². The molecule has 0 atom stereocenters. The maximum Gasteiger partial charge on any atom is 0.135 e. The van der Waals surface area contributed by atoms with Crippen molar-refractivity contribution < 1.29 is 4.42 Å². The summed E-state index contributed by atoms with van der Waals surface area (Å²) in [4.78, 5) is 4.82. The van der Waals surface area contributed by atoms with Crippen LogP contribution in [0.2, 0.25) is 0 Å². The smallest absolute Gasteiger partial charge is 0.135 e. The van der Waals surface area contributed by atoms with Crippen molar-refractivity contribution in [2.45, 2.75) is 26.2 Å². The lowest BCUT2D eigenvalue weighted by atomic mass is 9.78. The van der Waals surface area contributed by atoms with Crippen LogP contribution >= 0.6 is 0 Å². The summed E-state index contributed by atoms with van der Waals surface area (Å²) in [7, 11) is 0. The van der Waals surface area contributed by atoms with E-state index in [1.54, 1.807) is 0 Å². The highest BCUT2D eigenvalue weighted by Gasteiger charge is 2.24. The summed E-state index contributed by atoms with van der Waals surface area (Å²) in [5.41, 5.74) is 9.90. The lowest BCUT2D eigenvalue weighted by Crippen LogP contribution is -2.18. The van der Waals surface area contributed by atoms with Crippen molar-refractivity contribution in [1.29, 1.82) is 0 Å². The molecule has 2 nitrogen and oxygen atoms in total. The Morgan fingerprint density at radius 1 is 0.629 bits per heavy atom. The van der Waals surface area contributed by atoms with E-state index >= 15 is 0 Å². The van der Waals surface area contributed by atoms with Crippen molar-refractivity contribution in [1.82, 2.24) is 4.98 Å². The first kappa shape index (κ1) is 21.4. The molecule has 0 spiro atoms. The zero-order valence-corrected chi connectivity index (χ0v) is 20.2. The Balaban J connectivity index is 1.44. The zero-order valence-electron chi connectivity index (χ0n) is 20.2. The molecule has 0 amide bonds. The zero-order chi connectivity index (χ0) is 24.0. The molecule has 35 heavy (non-hydrogen) atoms. The van der Waals surface area contributed by atoms with Crippen LogP contribution in [0.15, 0.2) is 114 Å². The van der Waals surface area contributed by atoms with E-state index in [2.05, 4.69) is 118 Å². The molecule has 170 valence electrons. The third-order valence-electron chi connectivity index (χ3n) is 7.18. The normalized spacial score (nSPS) is 11.9. The molecular formula is C33H27NO. The maximum absolute atomic E-state index is 6.20. The number of benzene rings is 4. The summed E-state index contributed by atoms with van der Waals surface area (Å²) in [6, 6.07) is 36.2. The van der Waals surface area contributed by atoms with Gasteiger partial charge in [-0.25, -0.2) is 0 Å². The van der Waals surface area contributed by atoms with Crippen molar-refractivity contribution in [3.8, 4) is 22.4 Å². The Morgan fingerprint density at radius 2 is 1.29 bits per heavy atom. The molecule has 0 aliphatic rings. The second-order valence-corrected chi connectivity index (χ2v) is 9.77. The number of fused-ring (bicyclic) bond motifs is 3. The van der Waals surface area contributed by atoms with Gasteiger partial charge in [0.2, 0.25) is 0 Å². The molecule has 2 aromatic heterocycles. The molecule has 6 aromatic rings. The molecule has 0 bridgehead atoms. The van der Waals surface area contributed by atoms with Crippen molar-refractivity contribution >= 4 is 21.9 Å². The number of furan rings is 1. The fraction of sp³-hybridized carbons (Fsp3) is 0.121. The molecule has 6 rings (SSSR count). The van der Waals surface area contributed by atoms with Crippen LogP contribution in [-0.2, 0) is 5.41 Å². The van der Waals surface area contributed by atoms with E-state index < -0.39 is 0 Å². The van der Waals surface area contributed by atoms with Crippen molar-refractivity contribution in [3.05, 3.63) is 126 Å². The second-order valence-electron chi connectivity index (χ2n) is 9.77. The van der Waals surface area contributed by atoms with E-state index in [9.17, 15) is 0 Å². The Morgan fingerprint density at radius 3 is 2.00 bits per heavy atom. The van der Waals surface area contributed by atoms with Crippen LogP contribution in [0.5, 0.6) is 0 Å². The highest BCUT2D eigenvalue weighted by atomic mass is 16.3. The second kappa shape index (κ2) is 8.25. The number of aryl methyl sites for hydroxylation is 1. The van der Waals surface area contributed by atoms with Crippen LogP contribution in [0.4, 0.5) is 0 Å². The van der Waals surface area contributed by atoms with Gasteiger partial charge < -0.3 is 4.42 Å². The largest absolute Gasteiger partial charge is 0.456 e. The molecule has 2 heterocycles.